The summed E-state index contributed by atoms with van der Waals surface area (Å²) in [7, 11) is 1.56. The Kier molecular flexibility index (Phi) is 5.75. The fourth-order valence-corrected chi connectivity index (χ4v) is 1.71. The normalized spacial score (nSPS) is 13.6. The van der Waals surface area contributed by atoms with Gasteiger partial charge in [0.2, 0.25) is 0 Å². The lowest BCUT2D eigenvalue weighted by atomic mass is 10.0. The molecule has 0 aliphatic rings. The van der Waals surface area contributed by atoms with Crippen LogP contribution in [0.3, 0.4) is 0 Å². The maximum atomic E-state index is 13.9. The van der Waals surface area contributed by atoms with Crippen LogP contribution in [0.25, 0.3) is 0 Å². The largest absolute Gasteiger partial charge is 0.419 e. The molecule has 108 valence electrons. The predicted octanol–water partition coefficient (Wildman–Crippen LogP) is 3.53. The van der Waals surface area contributed by atoms with E-state index in [1.165, 1.54) is 12.1 Å². The molecule has 0 aliphatic carbocycles. The van der Waals surface area contributed by atoms with Crippen LogP contribution in [0.2, 0.25) is 0 Å². The molecule has 0 saturated carbocycles. The topological polar surface area (TPSA) is 21.3 Å². The highest BCUT2D eigenvalue weighted by Gasteiger charge is 2.35. The van der Waals surface area contributed by atoms with Gasteiger partial charge in [0, 0.05) is 12.2 Å². The van der Waals surface area contributed by atoms with E-state index >= 15 is 0 Å². The molecule has 6 heteroatoms. The van der Waals surface area contributed by atoms with Crippen LogP contribution in [0.15, 0.2) is 18.2 Å². The first kappa shape index (κ1) is 15.9. The highest BCUT2D eigenvalue weighted by atomic mass is 19.4. The minimum absolute atomic E-state index is 0.0339. The number of hydrogen-bond donors (Lipinski definition) is 1. The Morgan fingerprint density at radius 2 is 2.00 bits per heavy atom. The molecule has 1 aromatic carbocycles. The van der Waals surface area contributed by atoms with Crippen molar-refractivity contribution in [3.8, 4) is 0 Å². The molecule has 0 aromatic heterocycles. The van der Waals surface area contributed by atoms with Gasteiger partial charge in [-0.2, -0.15) is 13.2 Å². The smallest absolute Gasteiger partial charge is 0.379 e. The fourth-order valence-electron chi connectivity index (χ4n) is 1.71. The molecule has 2 nitrogen and oxygen atoms in total. The van der Waals surface area contributed by atoms with Gasteiger partial charge in [0.05, 0.1) is 18.2 Å². The minimum Gasteiger partial charge on any atom is -0.379 e. The summed E-state index contributed by atoms with van der Waals surface area (Å²) in [6.45, 7) is 2.53. The average Bonchev–Trinajstić information content (AvgIpc) is 2.34. The van der Waals surface area contributed by atoms with Crippen LogP contribution in [-0.4, -0.2) is 20.3 Å². The van der Waals surface area contributed by atoms with Crippen LogP contribution in [0.5, 0.6) is 0 Å². The monoisotopic (exact) mass is 279 g/mol. The highest BCUT2D eigenvalue weighted by molar-refractivity contribution is 5.30. The van der Waals surface area contributed by atoms with E-state index in [2.05, 4.69) is 5.32 Å². The Morgan fingerprint density at radius 1 is 1.32 bits per heavy atom. The predicted molar refractivity (Wildman–Crippen MR) is 64.3 cm³/mol. The van der Waals surface area contributed by atoms with E-state index < -0.39 is 23.6 Å². The summed E-state index contributed by atoms with van der Waals surface area (Å²) in [4.78, 5) is 0. The Bertz CT molecular complexity index is 406. The van der Waals surface area contributed by atoms with Gasteiger partial charge < -0.3 is 10.1 Å². The van der Waals surface area contributed by atoms with E-state index in [4.69, 9.17) is 4.74 Å². The summed E-state index contributed by atoms with van der Waals surface area (Å²) in [5, 5.41) is 2.76. The van der Waals surface area contributed by atoms with Crippen LogP contribution in [-0.2, 0) is 10.9 Å². The molecule has 0 saturated heterocycles. The van der Waals surface area contributed by atoms with Crippen molar-refractivity contribution in [3.05, 3.63) is 35.1 Å². The van der Waals surface area contributed by atoms with Crippen molar-refractivity contribution in [3.63, 3.8) is 0 Å². The summed E-state index contributed by atoms with van der Waals surface area (Å²) in [6.07, 6.45) is -3.90. The highest BCUT2D eigenvalue weighted by Crippen LogP contribution is 2.33. The van der Waals surface area contributed by atoms with Gasteiger partial charge in [-0.15, -0.1) is 0 Å². The molecule has 0 heterocycles. The molecule has 0 amide bonds. The van der Waals surface area contributed by atoms with Crippen molar-refractivity contribution >= 4 is 0 Å². The first-order valence-electron chi connectivity index (χ1n) is 6.02. The van der Waals surface area contributed by atoms with Gasteiger partial charge in [0.25, 0.3) is 0 Å². The van der Waals surface area contributed by atoms with Gasteiger partial charge in [0.1, 0.15) is 5.82 Å². The third kappa shape index (κ3) is 4.18. The molecular weight excluding hydrogens is 262 g/mol. The second-order valence-corrected chi connectivity index (χ2v) is 4.12. The van der Waals surface area contributed by atoms with Gasteiger partial charge in [-0.25, -0.2) is 4.39 Å². The van der Waals surface area contributed by atoms with Crippen LogP contribution in [0, 0.1) is 5.82 Å². The lowest BCUT2D eigenvalue weighted by molar-refractivity contribution is -0.140. The van der Waals surface area contributed by atoms with E-state index in [0.29, 0.717) is 6.61 Å². The number of alkyl halides is 3. The quantitative estimate of drug-likeness (QED) is 0.635. The standard InChI is InChI=1S/C13H17F4NO/c1-3-7-19-8-11(18-2)9-5-4-6-10(12(9)14)13(15,16)17/h4-6,11,18H,3,7-8H2,1-2H3. The number of hydrogen-bond acceptors (Lipinski definition) is 2. The summed E-state index contributed by atoms with van der Waals surface area (Å²) in [5.41, 5.74) is -1.28. The zero-order chi connectivity index (χ0) is 14.5. The number of ether oxygens (including phenoxy) is 1. The Balaban J connectivity index is 2.98. The summed E-state index contributed by atoms with van der Waals surface area (Å²) in [6, 6.07) is 2.67. The molecule has 0 spiro atoms. The first-order valence-corrected chi connectivity index (χ1v) is 6.02. The first-order chi connectivity index (χ1) is 8.91. The molecular formula is C13H17F4NO. The van der Waals surface area contributed by atoms with Crippen molar-refractivity contribution < 1.29 is 22.3 Å². The summed E-state index contributed by atoms with van der Waals surface area (Å²) in [5.74, 6) is -1.24. The van der Waals surface area contributed by atoms with Gasteiger partial charge >= 0.3 is 6.18 Å². The fraction of sp³-hybridized carbons (Fsp3) is 0.538. The minimum atomic E-state index is -4.69. The second kappa shape index (κ2) is 6.86. The maximum Gasteiger partial charge on any atom is 0.419 e. The second-order valence-electron chi connectivity index (χ2n) is 4.12. The number of halogens is 4. The lowest BCUT2D eigenvalue weighted by Crippen LogP contribution is -2.24. The van der Waals surface area contributed by atoms with E-state index in [1.807, 2.05) is 6.92 Å². The van der Waals surface area contributed by atoms with Gasteiger partial charge in [-0.1, -0.05) is 19.1 Å². The molecule has 1 atom stereocenters. The number of benzene rings is 1. The van der Waals surface area contributed by atoms with Crippen molar-refractivity contribution in [1.29, 1.82) is 0 Å². The molecule has 1 unspecified atom stereocenters. The molecule has 1 N–H and O–H groups in total. The number of likely N-dealkylation sites (N-methyl/N-ethyl adjacent to an activating group) is 1. The maximum absolute atomic E-state index is 13.9. The zero-order valence-electron chi connectivity index (χ0n) is 10.9. The molecule has 1 aromatic rings. The van der Waals surface area contributed by atoms with Crippen LogP contribution in [0.1, 0.15) is 30.5 Å². The van der Waals surface area contributed by atoms with Crippen molar-refractivity contribution in [2.24, 2.45) is 0 Å². The average molecular weight is 279 g/mol. The summed E-state index contributed by atoms with van der Waals surface area (Å²) < 4.78 is 57.0. The number of nitrogens with one attached hydrogen (secondary N) is 1. The zero-order valence-corrected chi connectivity index (χ0v) is 10.9. The van der Waals surface area contributed by atoms with Gasteiger partial charge in [0.15, 0.2) is 0 Å². The third-order valence-electron chi connectivity index (χ3n) is 2.69. The van der Waals surface area contributed by atoms with Crippen molar-refractivity contribution in [2.75, 3.05) is 20.3 Å². The Morgan fingerprint density at radius 3 is 2.53 bits per heavy atom. The Labute approximate surface area is 109 Å². The molecule has 0 radical (unpaired) electrons. The van der Waals surface area contributed by atoms with Crippen LogP contribution >= 0.6 is 0 Å². The van der Waals surface area contributed by atoms with Crippen molar-refractivity contribution in [1.82, 2.24) is 5.32 Å². The molecule has 1 rings (SSSR count). The van der Waals surface area contributed by atoms with Gasteiger partial charge in [-0.05, 0) is 19.5 Å². The molecule has 0 aliphatic heterocycles. The summed E-state index contributed by atoms with van der Waals surface area (Å²) >= 11 is 0. The third-order valence-corrected chi connectivity index (χ3v) is 2.69. The molecule has 0 bridgehead atoms. The van der Waals surface area contributed by atoms with E-state index in [9.17, 15) is 17.6 Å². The Hall–Kier alpha value is -1.14. The molecule has 0 fully saturated rings. The van der Waals surface area contributed by atoms with Crippen molar-refractivity contribution in [2.45, 2.75) is 25.6 Å². The van der Waals surface area contributed by atoms with E-state index in [1.54, 1.807) is 7.05 Å². The van der Waals surface area contributed by atoms with E-state index in [-0.39, 0.29) is 12.2 Å². The number of rotatable bonds is 6. The van der Waals surface area contributed by atoms with Gasteiger partial charge in [-0.3, -0.25) is 0 Å². The SMILES string of the molecule is CCCOCC(NC)c1cccc(C(F)(F)F)c1F. The lowest BCUT2D eigenvalue weighted by Gasteiger charge is -2.19. The van der Waals surface area contributed by atoms with Crippen LogP contribution < -0.4 is 5.32 Å². The van der Waals surface area contributed by atoms with E-state index in [0.717, 1.165) is 12.5 Å². The molecule has 19 heavy (non-hydrogen) atoms. The van der Waals surface area contributed by atoms with Crippen LogP contribution in [0.4, 0.5) is 17.6 Å².